The van der Waals surface area contributed by atoms with Crippen LogP contribution in [0.2, 0.25) is 0 Å². The second kappa shape index (κ2) is 5.68. The van der Waals surface area contributed by atoms with Crippen molar-refractivity contribution in [3.05, 3.63) is 35.4 Å². The lowest BCUT2D eigenvalue weighted by Gasteiger charge is -2.16. The molecule has 2 rings (SSSR count). The first-order chi connectivity index (χ1) is 8.69. The molecule has 0 aliphatic carbocycles. The number of aromatic nitrogens is 5. The van der Waals surface area contributed by atoms with E-state index in [1.807, 2.05) is 19.2 Å². The van der Waals surface area contributed by atoms with Crippen LogP contribution in [0.25, 0.3) is 0 Å². The fourth-order valence-electron chi connectivity index (χ4n) is 1.93. The number of likely N-dealkylation sites (N-methyl/N-ethyl adjacent to an activating group) is 1. The molecule has 0 aromatic carbocycles. The van der Waals surface area contributed by atoms with Gasteiger partial charge in [0, 0.05) is 24.4 Å². The third kappa shape index (κ3) is 3.10. The van der Waals surface area contributed by atoms with Crippen LogP contribution >= 0.6 is 0 Å². The van der Waals surface area contributed by atoms with Gasteiger partial charge in [-0.15, -0.1) is 10.2 Å². The Morgan fingerprint density at radius 1 is 1.44 bits per heavy atom. The Kier molecular flexibility index (Phi) is 3.99. The molecule has 0 bridgehead atoms. The fourth-order valence-corrected chi connectivity index (χ4v) is 1.93. The molecule has 6 heteroatoms. The smallest absolute Gasteiger partial charge is 0.176 e. The molecule has 1 atom stereocenters. The summed E-state index contributed by atoms with van der Waals surface area (Å²) in [6.45, 7) is 4.98. The van der Waals surface area contributed by atoms with Gasteiger partial charge in [-0.25, -0.2) is 0 Å². The van der Waals surface area contributed by atoms with Gasteiger partial charge in [0.2, 0.25) is 0 Å². The molecule has 2 aromatic rings. The van der Waals surface area contributed by atoms with Gasteiger partial charge in [0.1, 0.15) is 0 Å². The molecule has 96 valence electrons. The van der Waals surface area contributed by atoms with E-state index in [0.717, 1.165) is 24.5 Å². The van der Waals surface area contributed by atoms with Crippen LogP contribution < -0.4 is 5.32 Å². The largest absolute Gasteiger partial charge is 0.310 e. The van der Waals surface area contributed by atoms with Crippen molar-refractivity contribution in [3.8, 4) is 0 Å². The van der Waals surface area contributed by atoms with Crippen molar-refractivity contribution in [2.24, 2.45) is 7.05 Å². The number of pyridine rings is 1. The minimum Gasteiger partial charge on any atom is -0.310 e. The Balaban J connectivity index is 2.17. The summed E-state index contributed by atoms with van der Waals surface area (Å²) in [6, 6.07) is 4.31. The van der Waals surface area contributed by atoms with Crippen LogP contribution in [0.5, 0.6) is 0 Å². The van der Waals surface area contributed by atoms with Crippen LogP contribution in [-0.4, -0.2) is 31.7 Å². The summed E-state index contributed by atoms with van der Waals surface area (Å²) >= 11 is 0. The zero-order valence-electron chi connectivity index (χ0n) is 11.0. The van der Waals surface area contributed by atoms with Gasteiger partial charge in [-0.2, -0.15) is 4.80 Å². The number of nitrogens with zero attached hydrogens (tertiary/aromatic N) is 5. The average Bonchev–Trinajstić information content (AvgIpc) is 2.74. The van der Waals surface area contributed by atoms with Crippen molar-refractivity contribution >= 4 is 0 Å². The van der Waals surface area contributed by atoms with Crippen LogP contribution in [0.15, 0.2) is 18.3 Å². The number of hydrogen-bond donors (Lipinski definition) is 1. The number of hydrogen-bond acceptors (Lipinski definition) is 5. The maximum atomic E-state index is 4.22. The van der Waals surface area contributed by atoms with Gasteiger partial charge in [0.05, 0.1) is 7.05 Å². The highest BCUT2D eigenvalue weighted by Gasteiger charge is 2.14. The van der Waals surface area contributed by atoms with Crippen LogP contribution in [0.4, 0.5) is 0 Å². The molecule has 6 nitrogen and oxygen atoms in total. The zero-order valence-corrected chi connectivity index (χ0v) is 11.0. The molecule has 0 fully saturated rings. The highest BCUT2D eigenvalue weighted by Crippen LogP contribution is 2.16. The first-order valence-corrected chi connectivity index (χ1v) is 6.08. The van der Waals surface area contributed by atoms with Crippen molar-refractivity contribution < 1.29 is 0 Å². The van der Waals surface area contributed by atoms with Gasteiger partial charge in [-0.05, 0) is 36.4 Å². The minimum atomic E-state index is 0.195. The quantitative estimate of drug-likeness (QED) is 0.845. The minimum absolute atomic E-state index is 0.195. The van der Waals surface area contributed by atoms with E-state index in [2.05, 4.69) is 38.7 Å². The number of rotatable bonds is 5. The summed E-state index contributed by atoms with van der Waals surface area (Å²) in [5, 5.41) is 15.5. The van der Waals surface area contributed by atoms with Gasteiger partial charge in [0.15, 0.2) is 5.82 Å². The molecule has 0 amide bonds. The lowest BCUT2D eigenvalue weighted by Crippen LogP contribution is -2.23. The fraction of sp³-hybridized carbons (Fsp3) is 0.500. The van der Waals surface area contributed by atoms with E-state index >= 15 is 0 Å². The molecular weight excluding hydrogens is 228 g/mol. The first kappa shape index (κ1) is 12.6. The molecule has 0 aliphatic heterocycles. The van der Waals surface area contributed by atoms with Crippen molar-refractivity contribution in [3.63, 3.8) is 0 Å². The van der Waals surface area contributed by atoms with Gasteiger partial charge in [-0.3, -0.25) is 4.98 Å². The number of nitrogens with one attached hydrogen (secondary N) is 1. The Labute approximate surface area is 106 Å². The molecule has 2 heterocycles. The lowest BCUT2D eigenvalue weighted by atomic mass is 10.0. The molecule has 0 saturated carbocycles. The maximum Gasteiger partial charge on any atom is 0.176 e. The summed E-state index contributed by atoms with van der Waals surface area (Å²) in [6.07, 6.45) is 2.56. The van der Waals surface area contributed by atoms with Crippen molar-refractivity contribution in [1.82, 2.24) is 30.5 Å². The summed E-state index contributed by atoms with van der Waals surface area (Å²) in [5.41, 5.74) is 2.22. The SMILES string of the molecule is CCNC(Cc1nnn(C)n1)c1ccnc(C)c1. The molecule has 0 aliphatic rings. The molecule has 1 N–H and O–H groups in total. The average molecular weight is 246 g/mol. The standard InChI is InChI=1S/C12H18N6/c1-4-13-11(8-12-15-17-18(3)16-12)10-5-6-14-9(2)7-10/h5-7,11,13H,4,8H2,1-3H3. The van der Waals surface area contributed by atoms with E-state index in [9.17, 15) is 0 Å². The Hall–Kier alpha value is -1.82. The highest BCUT2D eigenvalue weighted by molar-refractivity contribution is 5.20. The second-order valence-corrected chi connectivity index (χ2v) is 4.24. The molecule has 0 saturated heterocycles. The Morgan fingerprint density at radius 2 is 2.28 bits per heavy atom. The molecule has 2 aromatic heterocycles. The van der Waals surface area contributed by atoms with Gasteiger partial charge in [0.25, 0.3) is 0 Å². The lowest BCUT2D eigenvalue weighted by molar-refractivity contribution is 0.534. The maximum absolute atomic E-state index is 4.22. The van der Waals surface area contributed by atoms with Crippen molar-refractivity contribution in [1.29, 1.82) is 0 Å². The third-order valence-corrected chi connectivity index (χ3v) is 2.71. The van der Waals surface area contributed by atoms with E-state index in [1.165, 1.54) is 10.4 Å². The van der Waals surface area contributed by atoms with Gasteiger partial charge < -0.3 is 5.32 Å². The molecule has 0 radical (unpaired) electrons. The van der Waals surface area contributed by atoms with Gasteiger partial charge >= 0.3 is 0 Å². The Morgan fingerprint density at radius 3 is 2.89 bits per heavy atom. The zero-order chi connectivity index (χ0) is 13.0. The summed E-state index contributed by atoms with van der Waals surface area (Å²) in [5.74, 6) is 0.748. The van der Waals surface area contributed by atoms with E-state index < -0.39 is 0 Å². The van der Waals surface area contributed by atoms with Crippen molar-refractivity contribution in [2.45, 2.75) is 26.3 Å². The Bertz CT molecular complexity index is 507. The summed E-state index contributed by atoms with van der Waals surface area (Å²) in [4.78, 5) is 5.70. The predicted molar refractivity (Wildman–Crippen MR) is 67.9 cm³/mol. The van der Waals surface area contributed by atoms with E-state index in [0.29, 0.717) is 0 Å². The number of tetrazole rings is 1. The first-order valence-electron chi connectivity index (χ1n) is 6.08. The summed E-state index contributed by atoms with van der Waals surface area (Å²) < 4.78 is 0. The number of aryl methyl sites for hydroxylation is 2. The highest BCUT2D eigenvalue weighted by atomic mass is 15.6. The van der Waals surface area contributed by atoms with E-state index in [1.54, 1.807) is 7.05 Å². The van der Waals surface area contributed by atoms with Gasteiger partial charge in [-0.1, -0.05) is 6.92 Å². The van der Waals surface area contributed by atoms with E-state index in [4.69, 9.17) is 0 Å². The van der Waals surface area contributed by atoms with Crippen LogP contribution in [0.3, 0.4) is 0 Å². The summed E-state index contributed by atoms with van der Waals surface area (Å²) in [7, 11) is 1.77. The van der Waals surface area contributed by atoms with Crippen LogP contribution in [0.1, 0.15) is 30.0 Å². The van der Waals surface area contributed by atoms with Crippen molar-refractivity contribution in [2.75, 3.05) is 6.54 Å². The van der Waals surface area contributed by atoms with Crippen LogP contribution in [-0.2, 0) is 13.5 Å². The molecule has 18 heavy (non-hydrogen) atoms. The molecule has 1 unspecified atom stereocenters. The van der Waals surface area contributed by atoms with Crippen LogP contribution in [0, 0.1) is 6.92 Å². The second-order valence-electron chi connectivity index (χ2n) is 4.24. The predicted octanol–water partition coefficient (Wildman–Crippen LogP) is 0.807. The molecule has 0 spiro atoms. The topological polar surface area (TPSA) is 68.5 Å². The normalized spacial score (nSPS) is 12.6. The third-order valence-electron chi connectivity index (χ3n) is 2.71. The monoisotopic (exact) mass is 246 g/mol. The van der Waals surface area contributed by atoms with E-state index in [-0.39, 0.29) is 6.04 Å². The molecular formula is C12H18N6.